The lowest BCUT2D eigenvalue weighted by Gasteiger charge is -2.33. The SMILES string of the molecule is CS(=O)(=O)N1CCN(C(=O)CCC(=O)N2CCSCC2)CC1. The lowest BCUT2D eigenvalue weighted by molar-refractivity contribution is -0.137. The van der Waals surface area contributed by atoms with E-state index < -0.39 is 10.0 Å². The molecule has 0 aromatic rings. The highest BCUT2D eigenvalue weighted by molar-refractivity contribution is 7.99. The lowest BCUT2D eigenvalue weighted by Crippen LogP contribution is -2.50. The Bertz CT molecular complexity index is 509. The van der Waals surface area contributed by atoms with Gasteiger partial charge in [0.25, 0.3) is 0 Å². The first-order valence-electron chi connectivity index (χ1n) is 7.46. The van der Waals surface area contributed by atoms with Crippen LogP contribution in [0.4, 0.5) is 0 Å². The van der Waals surface area contributed by atoms with Gasteiger partial charge in [-0.05, 0) is 0 Å². The predicted octanol–water partition coefficient (Wildman–Crippen LogP) is -0.554. The van der Waals surface area contributed by atoms with Crippen molar-refractivity contribution in [1.29, 1.82) is 0 Å². The Morgan fingerprint density at radius 3 is 1.77 bits per heavy atom. The van der Waals surface area contributed by atoms with Gasteiger partial charge in [-0.25, -0.2) is 8.42 Å². The maximum atomic E-state index is 12.1. The van der Waals surface area contributed by atoms with E-state index in [1.807, 2.05) is 16.7 Å². The van der Waals surface area contributed by atoms with Crippen LogP contribution in [0.1, 0.15) is 12.8 Å². The van der Waals surface area contributed by atoms with Gasteiger partial charge in [-0.2, -0.15) is 16.1 Å². The molecule has 2 heterocycles. The zero-order chi connectivity index (χ0) is 16.2. The summed E-state index contributed by atoms with van der Waals surface area (Å²) in [4.78, 5) is 27.6. The van der Waals surface area contributed by atoms with Crippen LogP contribution in [-0.2, 0) is 19.6 Å². The van der Waals surface area contributed by atoms with Crippen LogP contribution >= 0.6 is 11.8 Å². The summed E-state index contributed by atoms with van der Waals surface area (Å²) in [5.74, 6) is 1.91. The van der Waals surface area contributed by atoms with Gasteiger partial charge in [-0.1, -0.05) is 0 Å². The molecule has 22 heavy (non-hydrogen) atoms. The van der Waals surface area contributed by atoms with E-state index >= 15 is 0 Å². The number of hydrogen-bond donors (Lipinski definition) is 0. The van der Waals surface area contributed by atoms with Gasteiger partial charge in [-0.15, -0.1) is 0 Å². The number of piperazine rings is 1. The molecule has 2 amide bonds. The van der Waals surface area contributed by atoms with E-state index in [0.29, 0.717) is 26.2 Å². The largest absolute Gasteiger partial charge is 0.341 e. The number of rotatable bonds is 4. The summed E-state index contributed by atoms with van der Waals surface area (Å²) in [5, 5.41) is 0. The molecular formula is C13H23N3O4S2. The maximum absolute atomic E-state index is 12.1. The van der Waals surface area contributed by atoms with Crippen molar-refractivity contribution in [2.45, 2.75) is 12.8 Å². The second-order valence-electron chi connectivity index (χ2n) is 5.54. The number of carbonyl (C=O) groups is 2. The molecule has 2 rings (SSSR count). The number of carbonyl (C=O) groups excluding carboxylic acids is 2. The number of hydrogen-bond acceptors (Lipinski definition) is 5. The zero-order valence-electron chi connectivity index (χ0n) is 12.9. The first-order chi connectivity index (χ1) is 10.4. The van der Waals surface area contributed by atoms with Crippen LogP contribution in [0.15, 0.2) is 0 Å². The van der Waals surface area contributed by atoms with Gasteiger partial charge in [0.2, 0.25) is 21.8 Å². The summed E-state index contributed by atoms with van der Waals surface area (Å²) < 4.78 is 24.2. The molecular weight excluding hydrogens is 326 g/mol. The van der Waals surface area contributed by atoms with Gasteiger partial charge in [0, 0.05) is 63.6 Å². The van der Waals surface area contributed by atoms with E-state index in [0.717, 1.165) is 24.6 Å². The third-order valence-corrected chi connectivity index (χ3v) is 6.22. The Balaban J connectivity index is 1.73. The fourth-order valence-electron chi connectivity index (χ4n) is 2.61. The molecule has 0 aromatic carbocycles. The average Bonchev–Trinajstić information content (AvgIpc) is 2.52. The molecule has 7 nitrogen and oxygen atoms in total. The monoisotopic (exact) mass is 349 g/mol. The maximum Gasteiger partial charge on any atom is 0.223 e. The van der Waals surface area contributed by atoms with Crippen LogP contribution in [0.5, 0.6) is 0 Å². The van der Waals surface area contributed by atoms with Gasteiger partial charge >= 0.3 is 0 Å². The molecule has 2 saturated heterocycles. The quantitative estimate of drug-likeness (QED) is 0.680. The molecule has 0 bridgehead atoms. The Morgan fingerprint density at radius 1 is 0.864 bits per heavy atom. The summed E-state index contributed by atoms with van der Waals surface area (Å²) in [6.45, 7) is 3.01. The van der Waals surface area contributed by atoms with Gasteiger partial charge in [0.1, 0.15) is 0 Å². The van der Waals surface area contributed by atoms with Crippen LogP contribution in [0.25, 0.3) is 0 Å². The highest BCUT2D eigenvalue weighted by atomic mass is 32.2. The minimum absolute atomic E-state index is 0.0448. The smallest absolute Gasteiger partial charge is 0.223 e. The zero-order valence-corrected chi connectivity index (χ0v) is 14.5. The van der Waals surface area contributed by atoms with Crippen LogP contribution < -0.4 is 0 Å². The number of thioether (sulfide) groups is 1. The molecule has 2 aliphatic heterocycles. The molecule has 0 saturated carbocycles. The molecule has 9 heteroatoms. The Kier molecular flexibility index (Phi) is 6.10. The summed E-state index contributed by atoms with van der Waals surface area (Å²) in [7, 11) is -3.18. The Hall–Kier alpha value is -0.800. The predicted molar refractivity (Wildman–Crippen MR) is 86.1 cm³/mol. The highest BCUT2D eigenvalue weighted by Gasteiger charge is 2.26. The van der Waals surface area contributed by atoms with Crippen molar-refractivity contribution in [2.75, 3.05) is 57.0 Å². The Labute approximate surface area is 136 Å². The number of amides is 2. The van der Waals surface area contributed by atoms with Crippen LogP contribution in [0.2, 0.25) is 0 Å². The minimum atomic E-state index is -3.18. The molecule has 0 radical (unpaired) electrons. The van der Waals surface area contributed by atoms with Gasteiger partial charge < -0.3 is 9.80 Å². The summed E-state index contributed by atoms with van der Waals surface area (Å²) >= 11 is 1.84. The topological polar surface area (TPSA) is 78.0 Å². The molecule has 0 aromatic heterocycles. The normalized spacial score (nSPS) is 21.0. The van der Waals surface area contributed by atoms with E-state index in [1.165, 1.54) is 10.6 Å². The number of sulfonamides is 1. The van der Waals surface area contributed by atoms with Crippen molar-refractivity contribution in [3.63, 3.8) is 0 Å². The van der Waals surface area contributed by atoms with Crippen molar-refractivity contribution >= 4 is 33.6 Å². The molecule has 126 valence electrons. The lowest BCUT2D eigenvalue weighted by atomic mass is 10.2. The fraction of sp³-hybridized carbons (Fsp3) is 0.846. The third kappa shape index (κ3) is 4.85. The van der Waals surface area contributed by atoms with Crippen LogP contribution in [-0.4, -0.2) is 91.4 Å². The van der Waals surface area contributed by atoms with Crippen molar-refractivity contribution < 1.29 is 18.0 Å². The standard InChI is InChI=1S/C13H23N3O4S2/c1-22(19,20)16-6-4-14(5-7-16)12(17)2-3-13(18)15-8-10-21-11-9-15/h2-11H2,1H3. The Morgan fingerprint density at radius 2 is 1.32 bits per heavy atom. The van der Waals surface area contributed by atoms with Crippen LogP contribution in [0, 0.1) is 0 Å². The molecule has 0 unspecified atom stereocenters. The van der Waals surface area contributed by atoms with Crippen LogP contribution in [0.3, 0.4) is 0 Å². The summed E-state index contributed by atoms with van der Waals surface area (Å²) in [6.07, 6.45) is 1.64. The van der Waals surface area contributed by atoms with Gasteiger partial charge in [0.15, 0.2) is 0 Å². The molecule has 2 fully saturated rings. The highest BCUT2D eigenvalue weighted by Crippen LogP contribution is 2.12. The second-order valence-corrected chi connectivity index (χ2v) is 8.74. The molecule has 0 atom stereocenters. The van der Waals surface area contributed by atoms with Gasteiger partial charge in [0.05, 0.1) is 6.26 Å². The van der Waals surface area contributed by atoms with E-state index in [-0.39, 0.29) is 24.7 Å². The molecule has 0 N–H and O–H groups in total. The minimum Gasteiger partial charge on any atom is -0.341 e. The van der Waals surface area contributed by atoms with Gasteiger partial charge in [-0.3, -0.25) is 9.59 Å². The van der Waals surface area contributed by atoms with Crippen molar-refractivity contribution in [3.8, 4) is 0 Å². The van der Waals surface area contributed by atoms with E-state index in [1.54, 1.807) is 4.90 Å². The molecule has 2 aliphatic rings. The second kappa shape index (κ2) is 7.65. The van der Waals surface area contributed by atoms with Crippen molar-refractivity contribution in [3.05, 3.63) is 0 Å². The van der Waals surface area contributed by atoms with Crippen molar-refractivity contribution in [2.24, 2.45) is 0 Å². The number of nitrogens with zero attached hydrogens (tertiary/aromatic N) is 3. The van der Waals surface area contributed by atoms with E-state index in [9.17, 15) is 18.0 Å². The first kappa shape index (κ1) is 17.6. The average molecular weight is 349 g/mol. The molecule has 0 spiro atoms. The fourth-order valence-corrected chi connectivity index (χ4v) is 4.34. The van der Waals surface area contributed by atoms with E-state index in [2.05, 4.69) is 0 Å². The summed E-state index contributed by atoms with van der Waals surface area (Å²) in [6, 6.07) is 0. The third-order valence-electron chi connectivity index (χ3n) is 3.98. The first-order valence-corrected chi connectivity index (χ1v) is 10.5. The van der Waals surface area contributed by atoms with E-state index in [4.69, 9.17) is 0 Å². The molecule has 0 aliphatic carbocycles. The van der Waals surface area contributed by atoms with Crippen molar-refractivity contribution in [1.82, 2.24) is 14.1 Å². The summed E-state index contributed by atoms with van der Waals surface area (Å²) in [5.41, 5.74) is 0.